The minimum Gasteiger partial charge on any atom is -0.362 e. The summed E-state index contributed by atoms with van der Waals surface area (Å²) in [5.74, 6) is -2.63. The fourth-order valence-electron chi connectivity index (χ4n) is 4.29. The van der Waals surface area contributed by atoms with E-state index in [-0.39, 0.29) is 11.5 Å². The lowest BCUT2D eigenvalue weighted by atomic mass is 9.74. The van der Waals surface area contributed by atoms with E-state index in [9.17, 15) is 18.4 Å². The van der Waals surface area contributed by atoms with Crippen molar-refractivity contribution in [3.8, 4) is 0 Å². The molecule has 0 radical (unpaired) electrons. The van der Waals surface area contributed by atoms with Crippen molar-refractivity contribution in [3.63, 3.8) is 0 Å². The van der Waals surface area contributed by atoms with E-state index in [0.29, 0.717) is 23.3 Å². The van der Waals surface area contributed by atoms with E-state index >= 15 is 0 Å². The Morgan fingerprint density at radius 2 is 1.87 bits per heavy atom. The van der Waals surface area contributed by atoms with Crippen LogP contribution in [-0.4, -0.2) is 11.7 Å². The van der Waals surface area contributed by atoms with Crippen LogP contribution in [0.25, 0.3) is 0 Å². The quantitative estimate of drug-likeness (QED) is 0.761. The first kappa shape index (κ1) is 20.0. The zero-order valence-electron chi connectivity index (χ0n) is 16.8. The number of hydrogen-bond donors (Lipinski definition) is 2. The lowest BCUT2D eigenvalue weighted by molar-refractivity contribution is -0.116. The van der Waals surface area contributed by atoms with E-state index in [1.54, 1.807) is 6.92 Å². The summed E-state index contributed by atoms with van der Waals surface area (Å²) >= 11 is 0. The summed E-state index contributed by atoms with van der Waals surface area (Å²) < 4.78 is 27.4. The summed E-state index contributed by atoms with van der Waals surface area (Å²) in [6.07, 6.45) is 1.94. The Morgan fingerprint density at radius 1 is 1.10 bits per heavy atom. The van der Waals surface area contributed by atoms with Crippen molar-refractivity contribution in [1.29, 1.82) is 0 Å². The number of carbonyl (C=O) groups is 2. The van der Waals surface area contributed by atoms with Gasteiger partial charge in [0.2, 0.25) is 0 Å². The van der Waals surface area contributed by atoms with E-state index in [1.807, 2.05) is 31.2 Å². The Balaban J connectivity index is 1.81. The number of halogens is 2. The molecule has 2 aliphatic rings. The third-order valence-electron chi connectivity index (χ3n) is 5.70. The highest BCUT2D eigenvalue weighted by atomic mass is 19.1. The van der Waals surface area contributed by atoms with Crippen molar-refractivity contribution in [2.75, 3.05) is 5.32 Å². The van der Waals surface area contributed by atoms with Crippen molar-refractivity contribution in [2.45, 2.75) is 39.0 Å². The van der Waals surface area contributed by atoms with Gasteiger partial charge in [0.1, 0.15) is 11.6 Å². The highest BCUT2D eigenvalue weighted by molar-refractivity contribution is 6.09. The minimum atomic E-state index is -0.855. The normalized spacial score (nSPS) is 18.8. The summed E-state index contributed by atoms with van der Waals surface area (Å²) in [6.45, 7) is 3.72. The smallest absolute Gasteiger partial charge is 0.254 e. The number of Topliss-reactive ketones (excluding diaryl/α,β-unsaturated/α-hetero) is 1. The minimum absolute atomic E-state index is 0.0164. The molecule has 2 aromatic carbocycles. The molecule has 1 unspecified atom stereocenters. The number of nitrogens with one attached hydrogen (secondary N) is 2. The predicted molar refractivity (Wildman–Crippen MR) is 111 cm³/mol. The third kappa shape index (κ3) is 3.54. The molecule has 0 saturated carbocycles. The first-order valence-electron chi connectivity index (χ1n) is 9.92. The summed E-state index contributed by atoms with van der Waals surface area (Å²) in [5.41, 5.74) is 4.15. The maximum atomic E-state index is 14.1. The van der Waals surface area contributed by atoms with Crippen LogP contribution in [0.15, 0.2) is 65.0 Å². The average Bonchev–Trinajstić information content (AvgIpc) is 2.69. The van der Waals surface area contributed by atoms with Gasteiger partial charge in [-0.25, -0.2) is 8.78 Å². The Morgan fingerprint density at radius 3 is 2.60 bits per heavy atom. The van der Waals surface area contributed by atoms with Crippen LogP contribution in [0.4, 0.5) is 14.5 Å². The molecule has 0 spiro atoms. The van der Waals surface area contributed by atoms with Crippen LogP contribution < -0.4 is 10.6 Å². The summed E-state index contributed by atoms with van der Waals surface area (Å²) in [4.78, 5) is 26.2. The predicted octanol–water partition coefficient (Wildman–Crippen LogP) is 4.88. The molecule has 4 nitrogen and oxygen atoms in total. The molecule has 2 aromatic rings. The van der Waals surface area contributed by atoms with Crippen LogP contribution in [0.2, 0.25) is 0 Å². The fourth-order valence-corrected chi connectivity index (χ4v) is 4.29. The van der Waals surface area contributed by atoms with Gasteiger partial charge in [-0.3, -0.25) is 9.59 Å². The van der Waals surface area contributed by atoms with Gasteiger partial charge >= 0.3 is 0 Å². The van der Waals surface area contributed by atoms with E-state index < -0.39 is 23.5 Å². The second kappa shape index (κ2) is 7.86. The standard InChI is InChI=1S/C24H22F2N2O2/c1-13-6-3-4-7-16(13)22-21(14(2)27-19-8-5-9-20(29)23(19)22)24(30)28-18-11-10-15(25)12-17(18)26/h3-4,6-7,10-12,22,27H,5,8-9H2,1-2H3,(H,28,30). The zero-order chi connectivity index (χ0) is 21.4. The number of anilines is 1. The number of rotatable bonds is 3. The molecule has 2 N–H and O–H groups in total. The van der Waals surface area contributed by atoms with Crippen LogP contribution in [0.1, 0.15) is 43.2 Å². The molecule has 154 valence electrons. The Labute approximate surface area is 173 Å². The van der Waals surface area contributed by atoms with Gasteiger partial charge in [-0.2, -0.15) is 0 Å². The summed E-state index contributed by atoms with van der Waals surface area (Å²) in [7, 11) is 0. The van der Waals surface area contributed by atoms with Crippen molar-refractivity contribution in [1.82, 2.24) is 5.32 Å². The van der Waals surface area contributed by atoms with Gasteiger partial charge < -0.3 is 10.6 Å². The largest absolute Gasteiger partial charge is 0.362 e. The van der Waals surface area contributed by atoms with Gasteiger partial charge in [-0.1, -0.05) is 24.3 Å². The molecule has 1 aliphatic heterocycles. The highest BCUT2D eigenvalue weighted by Crippen LogP contribution is 2.43. The van der Waals surface area contributed by atoms with Crippen molar-refractivity contribution < 1.29 is 18.4 Å². The number of ketones is 1. The number of carbonyl (C=O) groups excluding carboxylic acids is 2. The molecule has 1 atom stereocenters. The first-order valence-corrected chi connectivity index (χ1v) is 9.92. The maximum absolute atomic E-state index is 14.1. The monoisotopic (exact) mass is 408 g/mol. The van der Waals surface area contributed by atoms with Crippen molar-refractivity contribution >= 4 is 17.4 Å². The van der Waals surface area contributed by atoms with Gasteiger partial charge in [-0.15, -0.1) is 0 Å². The fraction of sp³-hybridized carbons (Fsp3) is 0.250. The van der Waals surface area contributed by atoms with Crippen LogP contribution >= 0.6 is 0 Å². The number of allylic oxidation sites excluding steroid dienone is 3. The SMILES string of the molecule is CC1=C(C(=O)Nc2ccc(F)cc2F)C(c2ccccc2C)C2=C(CCCC2=O)N1. The van der Waals surface area contributed by atoms with E-state index in [1.165, 1.54) is 6.07 Å². The van der Waals surface area contributed by atoms with Gasteiger partial charge in [0.25, 0.3) is 5.91 Å². The molecule has 1 aliphatic carbocycles. The Hall–Kier alpha value is -3.28. The van der Waals surface area contributed by atoms with E-state index in [2.05, 4.69) is 10.6 Å². The molecular formula is C24H22F2N2O2. The molecule has 4 rings (SSSR count). The maximum Gasteiger partial charge on any atom is 0.254 e. The van der Waals surface area contributed by atoms with Gasteiger partial charge in [0.15, 0.2) is 5.78 Å². The molecule has 0 bridgehead atoms. The number of benzene rings is 2. The van der Waals surface area contributed by atoms with Crippen LogP contribution in [0, 0.1) is 18.6 Å². The van der Waals surface area contributed by atoms with Crippen LogP contribution in [0.3, 0.4) is 0 Å². The molecule has 0 fully saturated rings. The lowest BCUT2D eigenvalue weighted by Gasteiger charge is -2.35. The number of amides is 1. The highest BCUT2D eigenvalue weighted by Gasteiger charge is 2.39. The first-order chi connectivity index (χ1) is 14.4. The van der Waals surface area contributed by atoms with E-state index in [0.717, 1.165) is 41.8 Å². The number of aryl methyl sites for hydroxylation is 1. The topological polar surface area (TPSA) is 58.2 Å². The third-order valence-corrected chi connectivity index (χ3v) is 5.70. The molecule has 1 amide bonds. The average molecular weight is 408 g/mol. The number of hydrogen-bond acceptors (Lipinski definition) is 3. The molecule has 0 aromatic heterocycles. The summed E-state index contributed by atoms with van der Waals surface area (Å²) in [6, 6.07) is 10.6. The van der Waals surface area contributed by atoms with Crippen molar-refractivity contribution in [2.24, 2.45) is 0 Å². The summed E-state index contributed by atoms with van der Waals surface area (Å²) in [5, 5.41) is 5.79. The zero-order valence-corrected chi connectivity index (χ0v) is 16.8. The second-order valence-corrected chi connectivity index (χ2v) is 7.70. The van der Waals surface area contributed by atoms with E-state index in [4.69, 9.17) is 0 Å². The second-order valence-electron chi connectivity index (χ2n) is 7.70. The molecule has 1 heterocycles. The van der Waals surface area contributed by atoms with Crippen LogP contribution in [-0.2, 0) is 9.59 Å². The molecule has 6 heteroatoms. The van der Waals surface area contributed by atoms with Gasteiger partial charge in [0, 0.05) is 40.9 Å². The molecule has 30 heavy (non-hydrogen) atoms. The van der Waals surface area contributed by atoms with Crippen LogP contribution in [0.5, 0.6) is 0 Å². The van der Waals surface area contributed by atoms with Crippen molar-refractivity contribution in [3.05, 3.63) is 87.8 Å². The van der Waals surface area contributed by atoms with Gasteiger partial charge in [-0.05, 0) is 49.9 Å². The molecule has 0 saturated heterocycles. The lowest BCUT2D eigenvalue weighted by Crippen LogP contribution is -2.35. The Kier molecular flexibility index (Phi) is 5.24. The number of dihydropyridines is 1. The molecular weight excluding hydrogens is 386 g/mol. The Bertz CT molecular complexity index is 1120. The van der Waals surface area contributed by atoms with Gasteiger partial charge in [0.05, 0.1) is 5.69 Å².